The molecule has 0 atom stereocenters. The number of anilines is 1. The van der Waals surface area contributed by atoms with Gasteiger partial charge in [0.05, 0.1) is 11.9 Å². The van der Waals surface area contributed by atoms with Crippen LogP contribution in [0, 0.1) is 0 Å². The lowest BCUT2D eigenvalue weighted by molar-refractivity contribution is -0.132. The van der Waals surface area contributed by atoms with Crippen LogP contribution >= 0.6 is 0 Å². The lowest BCUT2D eigenvalue weighted by atomic mass is 10.0. The summed E-state index contributed by atoms with van der Waals surface area (Å²) in [6.07, 6.45) is 6.10. The van der Waals surface area contributed by atoms with Gasteiger partial charge >= 0.3 is 6.61 Å². The number of hydrogen-bond acceptors (Lipinski definition) is 7. The van der Waals surface area contributed by atoms with Crippen molar-refractivity contribution in [3.63, 3.8) is 0 Å². The molecule has 0 saturated carbocycles. The highest BCUT2D eigenvalue weighted by molar-refractivity contribution is 6.09. The Morgan fingerprint density at radius 2 is 1.88 bits per heavy atom. The quantitative estimate of drug-likeness (QED) is 0.322. The maximum atomic E-state index is 13.5. The third-order valence-electron chi connectivity index (χ3n) is 6.62. The average molecular weight is 547 g/mol. The van der Waals surface area contributed by atoms with E-state index in [1.165, 1.54) is 27.7 Å². The molecule has 0 aliphatic carbocycles. The Labute approximate surface area is 226 Å². The maximum Gasteiger partial charge on any atom is 0.387 e. The molecule has 11 nitrogen and oxygen atoms in total. The van der Waals surface area contributed by atoms with Crippen molar-refractivity contribution in [2.24, 2.45) is 0 Å². The van der Waals surface area contributed by atoms with E-state index in [1.54, 1.807) is 41.6 Å². The normalized spacial score (nSPS) is 13.7. The van der Waals surface area contributed by atoms with Gasteiger partial charge in [-0.05, 0) is 29.0 Å². The minimum Gasteiger partial charge on any atom is -0.434 e. The van der Waals surface area contributed by atoms with Crippen molar-refractivity contribution in [3.8, 4) is 17.0 Å². The molecule has 40 heavy (non-hydrogen) atoms. The number of nitrogens with one attached hydrogen (secondary N) is 2. The van der Waals surface area contributed by atoms with E-state index in [9.17, 15) is 18.4 Å². The maximum absolute atomic E-state index is 13.5. The number of amides is 2. The number of carbonyl (C=O) groups is 2. The fourth-order valence-corrected chi connectivity index (χ4v) is 4.72. The van der Waals surface area contributed by atoms with Crippen LogP contribution in [0.4, 0.5) is 14.5 Å². The summed E-state index contributed by atoms with van der Waals surface area (Å²) in [5.74, 6) is -0.789. The van der Waals surface area contributed by atoms with E-state index in [2.05, 4.69) is 25.8 Å². The molecule has 1 aliphatic heterocycles. The molecule has 6 rings (SSSR count). The first kappa shape index (κ1) is 25.4. The van der Waals surface area contributed by atoms with Gasteiger partial charge in [-0.25, -0.2) is 9.50 Å². The van der Waals surface area contributed by atoms with Crippen LogP contribution in [0.1, 0.15) is 10.4 Å². The van der Waals surface area contributed by atoms with Gasteiger partial charge in [0.2, 0.25) is 5.91 Å². The van der Waals surface area contributed by atoms with Gasteiger partial charge in [0.1, 0.15) is 23.6 Å². The highest BCUT2D eigenvalue weighted by Crippen LogP contribution is 2.38. The Balaban J connectivity index is 1.42. The van der Waals surface area contributed by atoms with Crippen LogP contribution < -0.4 is 15.4 Å². The summed E-state index contributed by atoms with van der Waals surface area (Å²) in [7, 11) is 0. The van der Waals surface area contributed by atoms with Gasteiger partial charge < -0.3 is 20.3 Å². The predicted molar refractivity (Wildman–Crippen MR) is 142 cm³/mol. The molecular weight excluding hydrogens is 522 g/mol. The number of benzene rings is 2. The second kappa shape index (κ2) is 10.7. The fourth-order valence-electron chi connectivity index (χ4n) is 4.72. The summed E-state index contributed by atoms with van der Waals surface area (Å²) in [6.45, 7) is -0.670. The number of piperazine rings is 1. The Hall–Kier alpha value is -4.91. The van der Waals surface area contributed by atoms with Crippen LogP contribution in [0.5, 0.6) is 5.75 Å². The van der Waals surface area contributed by atoms with E-state index in [1.807, 2.05) is 12.1 Å². The van der Waals surface area contributed by atoms with Gasteiger partial charge in [0, 0.05) is 50.3 Å². The average Bonchev–Trinajstić information content (AvgIpc) is 3.57. The first-order valence-corrected chi connectivity index (χ1v) is 12.6. The summed E-state index contributed by atoms with van der Waals surface area (Å²) in [5.41, 5.74) is 1.17. The van der Waals surface area contributed by atoms with Crippen molar-refractivity contribution in [3.05, 3.63) is 72.8 Å². The van der Waals surface area contributed by atoms with E-state index < -0.39 is 12.5 Å². The second-order valence-electron chi connectivity index (χ2n) is 9.19. The number of hydrogen-bond donors (Lipinski definition) is 2. The van der Waals surface area contributed by atoms with Crippen LogP contribution in [0.3, 0.4) is 0 Å². The largest absolute Gasteiger partial charge is 0.434 e. The summed E-state index contributed by atoms with van der Waals surface area (Å²) < 4.78 is 34.6. The summed E-state index contributed by atoms with van der Waals surface area (Å²) >= 11 is 0. The van der Waals surface area contributed by atoms with Gasteiger partial charge in [0.15, 0.2) is 5.65 Å². The van der Waals surface area contributed by atoms with E-state index in [0.717, 1.165) is 5.39 Å². The van der Waals surface area contributed by atoms with Crippen LogP contribution in [-0.4, -0.2) is 73.9 Å². The number of nitrogens with zero attached hydrogens (tertiary/aromatic N) is 6. The molecule has 2 amide bonds. The van der Waals surface area contributed by atoms with E-state index in [4.69, 9.17) is 4.74 Å². The van der Waals surface area contributed by atoms with Crippen molar-refractivity contribution >= 4 is 33.9 Å². The Morgan fingerprint density at radius 1 is 1.10 bits per heavy atom. The Morgan fingerprint density at radius 3 is 2.65 bits per heavy atom. The van der Waals surface area contributed by atoms with Gasteiger partial charge in [0.25, 0.3) is 5.91 Å². The third-order valence-corrected chi connectivity index (χ3v) is 6.62. The molecule has 1 saturated heterocycles. The van der Waals surface area contributed by atoms with Gasteiger partial charge in [-0.2, -0.15) is 19.0 Å². The lowest BCUT2D eigenvalue weighted by Crippen LogP contribution is -2.47. The molecule has 13 heteroatoms. The molecule has 5 aromatic rings. The number of ether oxygens (including phenoxy) is 1. The Kier molecular flexibility index (Phi) is 6.78. The molecule has 0 unspecified atom stereocenters. The number of fused-ring (bicyclic) bond motifs is 2. The summed E-state index contributed by atoms with van der Waals surface area (Å²) in [4.78, 5) is 32.3. The molecule has 3 aromatic heterocycles. The molecule has 204 valence electrons. The van der Waals surface area contributed by atoms with Gasteiger partial charge in [-0.3, -0.25) is 14.3 Å². The molecule has 1 aliphatic rings. The first-order valence-electron chi connectivity index (χ1n) is 12.6. The second-order valence-corrected chi connectivity index (χ2v) is 9.19. The third kappa shape index (κ3) is 5.06. The molecule has 0 spiro atoms. The number of carbonyl (C=O) groups excluding carboxylic acids is 2. The molecule has 4 heterocycles. The standard InChI is InChI=1S/C27H24F2N8O3/c28-27(29)40-22-13-18-5-2-1-4-17(18)12-19(22)24-21(15-36(34-24)16-23(38)35-10-7-30-8-11-35)33-26(39)20-14-32-37-9-3-6-31-25(20)37/h1-6,9,12-15,27,30H,7-8,10-11,16H2,(H,33,39). The molecule has 1 fully saturated rings. The zero-order valence-electron chi connectivity index (χ0n) is 21.1. The van der Waals surface area contributed by atoms with Crippen molar-refractivity contribution < 1.29 is 23.1 Å². The Bertz CT molecular complexity index is 1710. The van der Waals surface area contributed by atoms with E-state index in [-0.39, 0.29) is 40.7 Å². The topological polar surface area (TPSA) is 119 Å². The fraction of sp³-hybridized carbons (Fsp3) is 0.222. The van der Waals surface area contributed by atoms with Crippen molar-refractivity contribution in [2.75, 3.05) is 31.5 Å². The number of rotatable bonds is 7. The predicted octanol–water partition coefficient (Wildman–Crippen LogP) is 3.03. The van der Waals surface area contributed by atoms with E-state index >= 15 is 0 Å². The van der Waals surface area contributed by atoms with Crippen LogP contribution in [0.25, 0.3) is 27.7 Å². The minimum atomic E-state index is -3.08. The molecular formula is C27H24F2N8O3. The van der Waals surface area contributed by atoms with Crippen molar-refractivity contribution in [1.82, 2.24) is 34.6 Å². The number of halogens is 2. The van der Waals surface area contributed by atoms with Crippen molar-refractivity contribution in [2.45, 2.75) is 13.2 Å². The van der Waals surface area contributed by atoms with Crippen molar-refractivity contribution in [1.29, 1.82) is 0 Å². The zero-order chi connectivity index (χ0) is 27.6. The van der Waals surface area contributed by atoms with E-state index in [0.29, 0.717) is 37.2 Å². The SMILES string of the molecule is O=C(Nc1cn(CC(=O)N2CCNCC2)nc1-c1cc2ccccc2cc1OC(F)F)c1cnn2cccnc12. The summed E-state index contributed by atoms with van der Waals surface area (Å²) in [6, 6.07) is 12.1. The number of alkyl halides is 2. The van der Waals surface area contributed by atoms with Crippen LogP contribution in [0.2, 0.25) is 0 Å². The molecule has 2 N–H and O–H groups in total. The highest BCUT2D eigenvalue weighted by Gasteiger charge is 2.24. The molecule has 0 radical (unpaired) electrons. The van der Waals surface area contributed by atoms with Crippen LogP contribution in [-0.2, 0) is 11.3 Å². The number of aromatic nitrogens is 5. The van der Waals surface area contributed by atoms with Crippen LogP contribution in [0.15, 0.2) is 67.3 Å². The molecule has 2 aromatic carbocycles. The molecule has 0 bridgehead atoms. The monoisotopic (exact) mass is 546 g/mol. The smallest absolute Gasteiger partial charge is 0.387 e. The lowest BCUT2D eigenvalue weighted by Gasteiger charge is -2.27. The van der Waals surface area contributed by atoms with Gasteiger partial charge in [-0.15, -0.1) is 0 Å². The first-order chi connectivity index (χ1) is 19.5. The highest BCUT2D eigenvalue weighted by atomic mass is 19.3. The summed E-state index contributed by atoms with van der Waals surface area (Å²) in [5, 5.41) is 16.2. The zero-order valence-corrected chi connectivity index (χ0v) is 21.1. The van der Waals surface area contributed by atoms with Gasteiger partial charge in [-0.1, -0.05) is 24.3 Å². The minimum absolute atomic E-state index is 0.0975.